The van der Waals surface area contributed by atoms with Crippen LogP contribution in [0.2, 0.25) is 0 Å². The van der Waals surface area contributed by atoms with Gasteiger partial charge in [-0.05, 0) is 13.0 Å². The highest BCUT2D eigenvalue weighted by atomic mass is 16.6. The van der Waals surface area contributed by atoms with Crippen molar-refractivity contribution >= 4 is 5.69 Å². The van der Waals surface area contributed by atoms with Crippen molar-refractivity contribution in [2.45, 2.75) is 25.4 Å². The van der Waals surface area contributed by atoms with Crippen LogP contribution in [-0.2, 0) is 0 Å². The number of nitro groups is 1. The fourth-order valence-electron chi connectivity index (χ4n) is 1.96. The second-order valence-corrected chi connectivity index (χ2v) is 4.39. The van der Waals surface area contributed by atoms with Crippen molar-refractivity contribution in [1.82, 2.24) is 9.88 Å². The molecule has 1 unspecified atom stereocenters. The van der Waals surface area contributed by atoms with Gasteiger partial charge in [-0.15, -0.1) is 0 Å². The first-order valence-corrected chi connectivity index (χ1v) is 5.85. The second-order valence-electron chi connectivity index (χ2n) is 4.39. The molecule has 0 saturated carbocycles. The Morgan fingerprint density at radius 2 is 2.37 bits per heavy atom. The molecular formula is C11H15N3O5. The van der Waals surface area contributed by atoms with Gasteiger partial charge in [-0.25, -0.2) is 4.98 Å². The molecule has 0 spiro atoms. The molecule has 2 rings (SSSR count). The number of rotatable bonds is 4. The van der Waals surface area contributed by atoms with Gasteiger partial charge in [0.25, 0.3) is 5.88 Å². The Morgan fingerprint density at radius 1 is 1.63 bits per heavy atom. The summed E-state index contributed by atoms with van der Waals surface area (Å²) in [6.45, 7) is 2.12. The highest BCUT2D eigenvalue weighted by Gasteiger charge is 2.36. The highest BCUT2D eigenvalue weighted by Crippen LogP contribution is 2.26. The van der Waals surface area contributed by atoms with E-state index in [0.717, 1.165) is 0 Å². The largest absolute Gasteiger partial charge is 0.465 e. The Kier molecular flexibility index (Phi) is 3.93. The molecule has 0 aliphatic carbocycles. The normalized spacial score (nSPS) is 25.2. The Hall–Kier alpha value is -1.77. The SMILES string of the molecule is CC(O)N1C[C@@H](O)[C@H](Oc2ncccc2[N+](=O)[O-])C1. The molecule has 1 fully saturated rings. The summed E-state index contributed by atoms with van der Waals surface area (Å²) in [7, 11) is 0. The number of aliphatic hydroxyl groups excluding tert-OH is 2. The van der Waals surface area contributed by atoms with Crippen molar-refractivity contribution in [3.05, 3.63) is 28.4 Å². The van der Waals surface area contributed by atoms with Crippen molar-refractivity contribution in [3.8, 4) is 5.88 Å². The molecule has 104 valence electrons. The number of nitrogens with zero attached hydrogens (tertiary/aromatic N) is 3. The van der Waals surface area contributed by atoms with Crippen molar-refractivity contribution in [2.75, 3.05) is 13.1 Å². The van der Waals surface area contributed by atoms with Gasteiger partial charge >= 0.3 is 5.69 Å². The molecule has 0 bridgehead atoms. The third-order valence-electron chi connectivity index (χ3n) is 3.00. The van der Waals surface area contributed by atoms with Gasteiger partial charge in [0.2, 0.25) is 0 Å². The average Bonchev–Trinajstić information content (AvgIpc) is 2.72. The number of ether oxygens (including phenoxy) is 1. The molecule has 8 nitrogen and oxygen atoms in total. The van der Waals surface area contributed by atoms with Crippen LogP contribution < -0.4 is 4.74 Å². The monoisotopic (exact) mass is 269 g/mol. The molecule has 1 aromatic rings. The minimum Gasteiger partial charge on any atom is -0.465 e. The average molecular weight is 269 g/mol. The maximum Gasteiger partial charge on any atom is 0.330 e. The van der Waals surface area contributed by atoms with E-state index in [2.05, 4.69) is 4.98 Å². The number of likely N-dealkylation sites (tertiary alicyclic amines) is 1. The van der Waals surface area contributed by atoms with Crippen molar-refractivity contribution in [1.29, 1.82) is 0 Å². The minimum absolute atomic E-state index is 0.121. The smallest absolute Gasteiger partial charge is 0.330 e. The van der Waals surface area contributed by atoms with E-state index in [1.165, 1.54) is 18.3 Å². The van der Waals surface area contributed by atoms with Crippen LogP contribution in [0.5, 0.6) is 5.88 Å². The first-order valence-electron chi connectivity index (χ1n) is 5.85. The van der Waals surface area contributed by atoms with Crippen LogP contribution >= 0.6 is 0 Å². The van der Waals surface area contributed by atoms with Gasteiger partial charge in [0, 0.05) is 25.4 Å². The highest BCUT2D eigenvalue weighted by molar-refractivity contribution is 5.40. The van der Waals surface area contributed by atoms with Gasteiger partial charge in [0.05, 0.1) is 4.92 Å². The predicted molar refractivity (Wildman–Crippen MR) is 64.6 cm³/mol. The van der Waals surface area contributed by atoms with Crippen LogP contribution in [-0.4, -0.2) is 56.5 Å². The van der Waals surface area contributed by atoms with Crippen LogP contribution in [0.15, 0.2) is 18.3 Å². The molecule has 1 saturated heterocycles. The zero-order valence-electron chi connectivity index (χ0n) is 10.3. The molecule has 1 aliphatic rings. The number of aliphatic hydroxyl groups is 2. The lowest BCUT2D eigenvalue weighted by Gasteiger charge is -2.18. The maximum absolute atomic E-state index is 10.8. The molecule has 0 amide bonds. The Labute approximate surface area is 109 Å². The van der Waals surface area contributed by atoms with E-state index < -0.39 is 23.4 Å². The number of hydrogen-bond acceptors (Lipinski definition) is 7. The third-order valence-corrected chi connectivity index (χ3v) is 3.00. The summed E-state index contributed by atoms with van der Waals surface area (Å²) in [5.41, 5.74) is -0.245. The van der Waals surface area contributed by atoms with E-state index in [-0.39, 0.29) is 24.7 Å². The lowest BCUT2D eigenvalue weighted by Crippen LogP contribution is -2.32. The van der Waals surface area contributed by atoms with Gasteiger partial charge in [-0.3, -0.25) is 15.0 Å². The number of pyridine rings is 1. The van der Waals surface area contributed by atoms with Crippen LogP contribution in [0.3, 0.4) is 0 Å². The molecule has 0 aromatic carbocycles. The topological polar surface area (TPSA) is 109 Å². The van der Waals surface area contributed by atoms with Crippen LogP contribution in [0.4, 0.5) is 5.69 Å². The quantitative estimate of drug-likeness (QED) is 0.573. The Bertz CT molecular complexity index is 467. The third kappa shape index (κ3) is 2.98. The van der Waals surface area contributed by atoms with Crippen LogP contribution in [0.1, 0.15) is 6.92 Å². The summed E-state index contributed by atoms with van der Waals surface area (Å²) in [5, 5.41) is 30.1. The summed E-state index contributed by atoms with van der Waals surface area (Å²) in [5.74, 6) is -0.121. The van der Waals surface area contributed by atoms with Crippen molar-refractivity contribution in [2.24, 2.45) is 0 Å². The molecule has 1 aliphatic heterocycles. The molecular weight excluding hydrogens is 254 g/mol. The molecule has 2 N–H and O–H groups in total. The van der Waals surface area contributed by atoms with E-state index in [1.54, 1.807) is 11.8 Å². The molecule has 0 radical (unpaired) electrons. The number of aromatic nitrogens is 1. The van der Waals surface area contributed by atoms with Gasteiger partial charge in [0.15, 0.2) is 0 Å². The first-order chi connectivity index (χ1) is 8.99. The van der Waals surface area contributed by atoms with Crippen LogP contribution in [0.25, 0.3) is 0 Å². The first kappa shape index (κ1) is 13.7. The van der Waals surface area contributed by atoms with E-state index >= 15 is 0 Å². The van der Waals surface area contributed by atoms with Gasteiger partial charge in [-0.2, -0.15) is 0 Å². The molecule has 3 atom stereocenters. The fraction of sp³-hybridized carbons (Fsp3) is 0.545. The lowest BCUT2D eigenvalue weighted by molar-refractivity contribution is -0.386. The van der Waals surface area contributed by atoms with E-state index in [0.29, 0.717) is 0 Å². The van der Waals surface area contributed by atoms with E-state index in [4.69, 9.17) is 4.74 Å². The number of hydrogen-bond donors (Lipinski definition) is 2. The lowest BCUT2D eigenvalue weighted by atomic mass is 10.2. The van der Waals surface area contributed by atoms with Gasteiger partial charge in [0.1, 0.15) is 18.4 Å². The summed E-state index contributed by atoms with van der Waals surface area (Å²) in [4.78, 5) is 15.7. The van der Waals surface area contributed by atoms with Gasteiger partial charge < -0.3 is 14.9 Å². The van der Waals surface area contributed by atoms with Gasteiger partial charge in [-0.1, -0.05) is 0 Å². The second kappa shape index (κ2) is 5.47. The fourth-order valence-corrected chi connectivity index (χ4v) is 1.96. The standard InChI is InChI=1S/C11H15N3O5/c1-7(15)13-5-9(16)10(6-13)19-11-8(14(17)18)3-2-4-12-11/h2-4,7,9-10,15-16H,5-6H2,1H3/t7?,9-,10-/m1/s1. The van der Waals surface area contributed by atoms with Crippen molar-refractivity contribution in [3.63, 3.8) is 0 Å². The Balaban J connectivity index is 2.12. The molecule has 19 heavy (non-hydrogen) atoms. The summed E-state index contributed by atoms with van der Waals surface area (Å²) in [6.07, 6.45) is -0.794. The maximum atomic E-state index is 10.8. The summed E-state index contributed by atoms with van der Waals surface area (Å²) in [6, 6.07) is 2.73. The zero-order chi connectivity index (χ0) is 14.0. The molecule has 2 heterocycles. The van der Waals surface area contributed by atoms with E-state index in [9.17, 15) is 20.3 Å². The zero-order valence-corrected chi connectivity index (χ0v) is 10.3. The number of β-amino-alcohol motifs (C(OH)–C–C–N with tert-alkyl or cyclic N) is 1. The Morgan fingerprint density at radius 3 is 2.95 bits per heavy atom. The predicted octanol–water partition coefficient (Wildman–Crippen LogP) is -0.248. The molecule has 8 heteroatoms. The van der Waals surface area contributed by atoms with E-state index in [1.807, 2.05) is 0 Å². The summed E-state index contributed by atoms with van der Waals surface area (Å²) >= 11 is 0. The summed E-state index contributed by atoms with van der Waals surface area (Å²) < 4.78 is 5.40. The molecule has 1 aromatic heterocycles. The van der Waals surface area contributed by atoms with Crippen LogP contribution in [0, 0.1) is 10.1 Å². The van der Waals surface area contributed by atoms with Crippen molar-refractivity contribution < 1.29 is 19.9 Å². The minimum atomic E-state index is -0.823.